The average Bonchev–Trinajstić information content (AvgIpc) is 3.26. The lowest BCUT2D eigenvalue weighted by atomic mass is 9.51. The zero-order valence-electron chi connectivity index (χ0n) is 27.2. The number of nitrogens with one attached hydrogen (secondary N) is 2. The van der Waals surface area contributed by atoms with E-state index in [0.717, 1.165) is 38.5 Å². The van der Waals surface area contributed by atoms with Gasteiger partial charge in [-0.1, -0.05) is 67.2 Å². The van der Waals surface area contributed by atoms with Gasteiger partial charge in [-0.05, 0) is 74.5 Å². The zero-order chi connectivity index (χ0) is 31.8. The molecule has 4 atom stereocenters. The molecular formula is C32H54N4O6. The Morgan fingerprint density at radius 1 is 0.952 bits per heavy atom. The number of alkyl carbamates (subject to hydrolysis) is 1. The Balaban J connectivity index is 1.92. The van der Waals surface area contributed by atoms with Gasteiger partial charge in [0.1, 0.15) is 17.7 Å². The van der Waals surface area contributed by atoms with Crippen LogP contribution in [0, 0.1) is 28.1 Å². The number of hydrogen-bond acceptors (Lipinski definition) is 6. The predicted octanol–water partition coefficient (Wildman–Crippen LogP) is 4.09. The Morgan fingerprint density at radius 2 is 1.55 bits per heavy atom. The monoisotopic (exact) mass is 590 g/mol. The topological polar surface area (TPSA) is 148 Å². The highest BCUT2D eigenvalue weighted by Crippen LogP contribution is 2.59. The lowest BCUT2D eigenvalue weighted by Crippen LogP contribution is -2.59. The second kappa shape index (κ2) is 12.2. The molecule has 0 bridgehead atoms. The maximum atomic E-state index is 14.3. The third kappa shape index (κ3) is 7.46. The number of amides is 4. The molecule has 4 amide bonds. The molecule has 238 valence electrons. The van der Waals surface area contributed by atoms with Gasteiger partial charge >= 0.3 is 6.09 Å². The minimum Gasteiger partial charge on any atom is -0.444 e. The van der Waals surface area contributed by atoms with Crippen LogP contribution >= 0.6 is 0 Å². The van der Waals surface area contributed by atoms with Gasteiger partial charge < -0.3 is 26.0 Å². The third-order valence-corrected chi connectivity index (χ3v) is 10.4. The number of ketones is 1. The normalized spacial score (nSPS) is 24.1. The Morgan fingerprint density at radius 3 is 1.98 bits per heavy atom. The molecule has 10 heteroatoms. The minimum atomic E-state index is -1.08. The molecule has 2 saturated carbocycles. The molecule has 0 spiro atoms. The summed E-state index contributed by atoms with van der Waals surface area (Å²) < 4.78 is 5.47. The first-order valence-electron chi connectivity index (χ1n) is 15.6. The molecule has 2 aliphatic carbocycles. The number of carbonyl (C=O) groups excluding carboxylic acids is 5. The van der Waals surface area contributed by atoms with Crippen LogP contribution in [-0.2, 0) is 23.9 Å². The number of Topliss-reactive ketones (excluding diaryl/α,β-unsaturated/α-hetero) is 1. The summed E-state index contributed by atoms with van der Waals surface area (Å²) in [7, 11) is 0. The SMILES string of the molecule is CC(C)(C)OC(=O)N[C@H](C(=O)N1CC(C(C)(C)C2(C)CCC2)C[C@H]1C(=O)NC(CC1CCC1)C(=O)C(N)=O)C(C)(C)C. The number of carbonyl (C=O) groups is 5. The van der Waals surface area contributed by atoms with Crippen molar-refractivity contribution in [1.29, 1.82) is 0 Å². The zero-order valence-corrected chi connectivity index (χ0v) is 27.2. The molecule has 1 aliphatic heterocycles. The van der Waals surface area contributed by atoms with Crippen molar-refractivity contribution < 1.29 is 28.7 Å². The van der Waals surface area contributed by atoms with Crippen LogP contribution in [0.5, 0.6) is 0 Å². The molecule has 1 saturated heterocycles. The molecule has 42 heavy (non-hydrogen) atoms. The fourth-order valence-corrected chi connectivity index (χ4v) is 6.67. The van der Waals surface area contributed by atoms with Crippen molar-refractivity contribution in [2.75, 3.05) is 6.54 Å². The lowest BCUT2D eigenvalue weighted by molar-refractivity contribution is -0.143. The standard InChI is InChI=1S/C32H54N4O6/c1-29(2,3)24(35-28(41)42-30(4,5)6)27(40)36-18-20(31(7,8)32(9)14-11-15-32)17-22(36)26(39)34-21(23(37)25(33)38)16-19-12-10-13-19/h19-22,24H,10-18H2,1-9H3,(H2,33,38)(H,34,39)(H,35,41)/t20?,21?,22-,24+/m0/s1. The number of hydrogen-bond donors (Lipinski definition) is 3. The average molecular weight is 591 g/mol. The van der Waals surface area contributed by atoms with Gasteiger partial charge in [-0.25, -0.2) is 4.79 Å². The first-order valence-corrected chi connectivity index (χ1v) is 15.6. The van der Waals surface area contributed by atoms with Gasteiger partial charge in [-0.15, -0.1) is 0 Å². The lowest BCUT2D eigenvalue weighted by Gasteiger charge is -2.54. The van der Waals surface area contributed by atoms with Crippen LogP contribution in [0.4, 0.5) is 4.79 Å². The maximum absolute atomic E-state index is 14.3. The van der Waals surface area contributed by atoms with Crippen molar-refractivity contribution in [3.8, 4) is 0 Å². The maximum Gasteiger partial charge on any atom is 0.408 e. The van der Waals surface area contributed by atoms with E-state index in [0.29, 0.717) is 19.4 Å². The highest BCUT2D eigenvalue weighted by Gasteiger charge is 2.55. The van der Waals surface area contributed by atoms with Crippen LogP contribution in [0.2, 0.25) is 0 Å². The molecule has 3 aliphatic rings. The quantitative estimate of drug-likeness (QED) is 0.327. The molecule has 2 unspecified atom stereocenters. The van der Waals surface area contributed by atoms with Crippen LogP contribution in [0.1, 0.15) is 114 Å². The minimum absolute atomic E-state index is 0.0153. The van der Waals surface area contributed by atoms with Gasteiger partial charge in [-0.2, -0.15) is 0 Å². The van der Waals surface area contributed by atoms with Crippen molar-refractivity contribution in [2.45, 2.75) is 137 Å². The van der Waals surface area contributed by atoms with E-state index in [9.17, 15) is 24.0 Å². The Kier molecular flexibility index (Phi) is 9.79. The summed E-state index contributed by atoms with van der Waals surface area (Å²) >= 11 is 0. The number of primary amides is 1. The van der Waals surface area contributed by atoms with Crippen molar-refractivity contribution in [1.82, 2.24) is 15.5 Å². The van der Waals surface area contributed by atoms with Crippen molar-refractivity contribution in [3.63, 3.8) is 0 Å². The van der Waals surface area contributed by atoms with E-state index >= 15 is 0 Å². The first-order chi connectivity index (χ1) is 19.2. The molecule has 10 nitrogen and oxygen atoms in total. The van der Waals surface area contributed by atoms with Crippen molar-refractivity contribution in [3.05, 3.63) is 0 Å². The van der Waals surface area contributed by atoms with Crippen LogP contribution in [0.3, 0.4) is 0 Å². The van der Waals surface area contributed by atoms with Crippen LogP contribution in [0.15, 0.2) is 0 Å². The molecular weight excluding hydrogens is 536 g/mol. The summed E-state index contributed by atoms with van der Waals surface area (Å²) in [5.41, 5.74) is 3.84. The Hall–Kier alpha value is -2.65. The summed E-state index contributed by atoms with van der Waals surface area (Å²) in [6, 6.07) is -2.84. The molecule has 1 heterocycles. The van der Waals surface area contributed by atoms with Gasteiger partial charge in [0.2, 0.25) is 17.6 Å². The molecule has 4 N–H and O–H groups in total. The van der Waals surface area contributed by atoms with Crippen LogP contribution in [-0.4, -0.2) is 64.8 Å². The van der Waals surface area contributed by atoms with E-state index in [2.05, 4.69) is 31.4 Å². The smallest absolute Gasteiger partial charge is 0.408 e. The molecule has 0 radical (unpaired) electrons. The van der Waals surface area contributed by atoms with E-state index in [1.807, 2.05) is 20.8 Å². The van der Waals surface area contributed by atoms with Crippen LogP contribution in [0.25, 0.3) is 0 Å². The van der Waals surface area contributed by atoms with E-state index in [1.54, 1.807) is 25.7 Å². The molecule has 3 fully saturated rings. The number of likely N-dealkylation sites (tertiary alicyclic amines) is 1. The fourth-order valence-electron chi connectivity index (χ4n) is 6.67. The largest absolute Gasteiger partial charge is 0.444 e. The van der Waals surface area contributed by atoms with Gasteiger partial charge in [0.15, 0.2) is 0 Å². The highest BCUT2D eigenvalue weighted by atomic mass is 16.6. The first kappa shape index (κ1) is 33.8. The Labute approximate surface area is 251 Å². The van der Waals surface area contributed by atoms with Crippen LogP contribution < -0.4 is 16.4 Å². The molecule has 0 aromatic carbocycles. The summed E-state index contributed by atoms with van der Waals surface area (Å²) in [5.74, 6) is -2.48. The van der Waals surface area contributed by atoms with Gasteiger partial charge in [-0.3, -0.25) is 19.2 Å². The second-order valence-electron chi connectivity index (χ2n) is 15.8. The number of rotatable bonds is 10. The van der Waals surface area contributed by atoms with E-state index < -0.39 is 52.8 Å². The van der Waals surface area contributed by atoms with Gasteiger partial charge in [0, 0.05) is 6.54 Å². The molecule has 0 aromatic heterocycles. The second-order valence-corrected chi connectivity index (χ2v) is 15.8. The number of ether oxygens (including phenoxy) is 1. The molecule has 0 aromatic rings. The number of nitrogens with two attached hydrogens (primary N) is 1. The van der Waals surface area contributed by atoms with Gasteiger partial charge in [0.25, 0.3) is 5.91 Å². The molecule has 3 rings (SSSR count). The van der Waals surface area contributed by atoms with E-state index in [1.165, 1.54) is 0 Å². The Bertz CT molecular complexity index is 1060. The van der Waals surface area contributed by atoms with E-state index in [4.69, 9.17) is 10.5 Å². The van der Waals surface area contributed by atoms with E-state index in [-0.39, 0.29) is 28.6 Å². The summed E-state index contributed by atoms with van der Waals surface area (Å²) in [6.45, 7) is 17.9. The fraction of sp³-hybridized carbons (Fsp3) is 0.844. The summed E-state index contributed by atoms with van der Waals surface area (Å²) in [6.07, 6.45) is 6.32. The summed E-state index contributed by atoms with van der Waals surface area (Å²) in [4.78, 5) is 67.2. The van der Waals surface area contributed by atoms with Gasteiger partial charge in [0.05, 0.1) is 6.04 Å². The third-order valence-electron chi connectivity index (χ3n) is 10.4. The predicted molar refractivity (Wildman–Crippen MR) is 160 cm³/mol. The summed E-state index contributed by atoms with van der Waals surface area (Å²) in [5, 5.41) is 5.59. The van der Waals surface area contributed by atoms with Crippen molar-refractivity contribution in [2.24, 2.45) is 33.8 Å². The number of nitrogens with zero attached hydrogens (tertiary/aromatic N) is 1. The van der Waals surface area contributed by atoms with Crippen molar-refractivity contribution >= 4 is 29.6 Å². The highest BCUT2D eigenvalue weighted by molar-refractivity contribution is 6.37.